The van der Waals surface area contributed by atoms with Crippen LogP contribution in [-0.4, -0.2) is 16.3 Å². The molecule has 0 saturated carbocycles. The number of allylic oxidation sites excluding steroid dienone is 1. The third-order valence-electron chi connectivity index (χ3n) is 2.88. The second-order valence-corrected chi connectivity index (χ2v) is 4.84. The Morgan fingerprint density at radius 3 is 2.59 bits per heavy atom. The fraction of sp³-hybridized carbons (Fsp3) is 0.308. The van der Waals surface area contributed by atoms with E-state index < -0.39 is 5.37 Å². The zero-order valence-electron chi connectivity index (χ0n) is 9.27. The van der Waals surface area contributed by atoms with Crippen molar-refractivity contribution in [3.05, 3.63) is 47.0 Å². The summed E-state index contributed by atoms with van der Waals surface area (Å²) in [6.07, 6.45) is 6.08. The van der Waals surface area contributed by atoms with E-state index in [1.807, 2.05) is 30.3 Å². The molecule has 0 aromatic heterocycles. The summed E-state index contributed by atoms with van der Waals surface area (Å²) in [6.45, 7) is 0.522. The molecule has 0 heterocycles. The summed E-state index contributed by atoms with van der Waals surface area (Å²) >= 11 is 11.5. The predicted molar refractivity (Wildman–Crippen MR) is 70.4 cm³/mol. The Morgan fingerprint density at radius 2 is 2.06 bits per heavy atom. The lowest BCUT2D eigenvalue weighted by Crippen LogP contribution is -2.34. The zero-order valence-corrected chi connectivity index (χ0v) is 10.8. The van der Waals surface area contributed by atoms with Gasteiger partial charge < -0.3 is 4.90 Å². The average molecular weight is 270 g/mol. The second kappa shape index (κ2) is 5.56. The molecule has 0 aliphatic heterocycles. The molecule has 0 spiro atoms. The van der Waals surface area contributed by atoms with E-state index in [9.17, 15) is 4.79 Å². The fourth-order valence-corrected chi connectivity index (χ4v) is 2.28. The molecular formula is C13H13Cl2NO. The molecule has 1 amide bonds. The largest absolute Gasteiger partial charge is 0.318 e. The molecule has 0 fully saturated rings. The van der Waals surface area contributed by atoms with Crippen molar-refractivity contribution in [1.29, 1.82) is 0 Å². The van der Waals surface area contributed by atoms with Gasteiger partial charge in [-0.25, -0.2) is 0 Å². The standard InChI is InChI=1S/C13H13Cl2NO/c14-11-7-5-10(6-8-11)9-16(13(15)17)12-3-1-2-4-12/h1,3,5-8,12H,2,4,9H2. The second-order valence-electron chi connectivity index (χ2n) is 4.08. The molecule has 0 bridgehead atoms. The Hall–Kier alpha value is -0.990. The highest BCUT2D eigenvalue weighted by molar-refractivity contribution is 6.62. The lowest BCUT2D eigenvalue weighted by molar-refractivity contribution is 0.206. The van der Waals surface area contributed by atoms with Crippen molar-refractivity contribution in [2.24, 2.45) is 0 Å². The maximum atomic E-state index is 11.4. The molecule has 90 valence electrons. The predicted octanol–water partition coefficient (Wildman–Crippen LogP) is 4.22. The van der Waals surface area contributed by atoms with E-state index in [2.05, 4.69) is 6.08 Å². The summed E-state index contributed by atoms with van der Waals surface area (Å²) in [4.78, 5) is 13.1. The van der Waals surface area contributed by atoms with Crippen LogP contribution in [0.4, 0.5) is 4.79 Å². The SMILES string of the molecule is O=C(Cl)N(Cc1ccc(Cl)cc1)C1C=CCC1. The van der Waals surface area contributed by atoms with E-state index in [-0.39, 0.29) is 6.04 Å². The maximum absolute atomic E-state index is 11.4. The van der Waals surface area contributed by atoms with Crippen molar-refractivity contribution in [1.82, 2.24) is 4.90 Å². The van der Waals surface area contributed by atoms with Crippen LogP contribution in [0.3, 0.4) is 0 Å². The molecule has 1 aliphatic rings. The molecule has 1 atom stereocenters. The number of carbonyl (C=O) groups is 1. The summed E-state index contributed by atoms with van der Waals surface area (Å²) in [5.74, 6) is 0. The van der Waals surface area contributed by atoms with Crippen LogP contribution < -0.4 is 0 Å². The Morgan fingerprint density at radius 1 is 1.35 bits per heavy atom. The van der Waals surface area contributed by atoms with Crippen LogP contribution in [0.2, 0.25) is 5.02 Å². The number of nitrogens with zero attached hydrogens (tertiary/aromatic N) is 1. The van der Waals surface area contributed by atoms with Crippen LogP contribution in [0.15, 0.2) is 36.4 Å². The van der Waals surface area contributed by atoms with Crippen LogP contribution in [0.1, 0.15) is 18.4 Å². The first kappa shape index (κ1) is 12.5. The van der Waals surface area contributed by atoms with Crippen molar-refractivity contribution in [3.63, 3.8) is 0 Å². The number of benzene rings is 1. The molecule has 0 N–H and O–H groups in total. The molecule has 0 saturated heterocycles. The number of halogens is 2. The molecule has 0 radical (unpaired) electrons. The normalized spacial score (nSPS) is 18.4. The topological polar surface area (TPSA) is 20.3 Å². The van der Waals surface area contributed by atoms with Gasteiger partial charge >= 0.3 is 5.37 Å². The third-order valence-corrected chi connectivity index (χ3v) is 3.35. The lowest BCUT2D eigenvalue weighted by Gasteiger charge is -2.25. The molecule has 1 aromatic rings. The Bertz CT molecular complexity index is 428. The number of amides is 1. The Labute approximate surface area is 111 Å². The van der Waals surface area contributed by atoms with E-state index >= 15 is 0 Å². The highest BCUT2D eigenvalue weighted by atomic mass is 35.5. The number of rotatable bonds is 3. The smallest absolute Gasteiger partial charge is 0.317 e. The minimum atomic E-state index is -0.406. The zero-order chi connectivity index (χ0) is 12.3. The molecule has 1 aliphatic carbocycles. The summed E-state index contributed by atoms with van der Waals surface area (Å²) < 4.78 is 0. The summed E-state index contributed by atoms with van der Waals surface area (Å²) in [5.41, 5.74) is 1.03. The number of hydrogen-bond donors (Lipinski definition) is 0. The van der Waals surface area contributed by atoms with Gasteiger partial charge in [0.2, 0.25) is 0 Å². The van der Waals surface area contributed by atoms with Gasteiger partial charge in [-0.3, -0.25) is 4.79 Å². The average Bonchev–Trinajstić information content (AvgIpc) is 2.81. The molecule has 2 nitrogen and oxygen atoms in total. The van der Waals surface area contributed by atoms with Crippen LogP contribution in [0.5, 0.6) is 0 Å². The fourth-order valence-electron chi connectivity index (χ4n) is 1.97. The monoisotopic (exact) mass is 269 g/mol. The quantitative estimate of drug-likeness (QED) is 0.457. The van der Waals surface area contributed by atoms with Gasteiger partial charge in [0.15, 0.2) is 0 Å². The molecule has 1 aromatic carbocycles. The van der Waals surface area contributed by atoms with Gasteiger partial charge in [-0.05, 0) is 42.1 Å². The van der Waals surface area contributed by atoms with Crippen molar-refractivity contribution in [2.75, 3.05) is 0 Å². The van der Waals surface area contributed by atoms with E-state index in [0.717, 1.165) is 18.4 Å². The van der Waals surface area contributed by atoms with Crippen molar-refractivity contribution < 1.29 is 4.79 Å². The molecular weight excluding hydrogens is 257 g/mol. The van der Waals surface area contributed by atoms with E-state index in [1.165, 1.54) is 0 Å². The Kier molecular flexibility index (Phi) is 4.08. The van der Waals surface area contributed by atoms with Crippen LogP contribution in [0.25, 0.3) is 0 Å². The summed E-state index contributed by atoms with van der Waals surface area (Å²) in [7, 11) is 0. The van der Waals surface area contributed by atoms with E-state index in [0.29, 0.717) is 11.6 Å². The van der Waals surface area contributed by atoms with Crippen molar-refractivity contribution in [2.45, 2.75) is 25.4 Å². The molecule has 1 unspecified atom stereocenters. The van der Waals surface area contributed by atoms with E-state index in [1.54, 1.807) is 4.90 Å². The van der Waals surface area contributed by atoms with Gasteiger partial charge in [-0.2, -0.15) is 0 Å². The van der Waals surface area contributed by atoms with Gasteiger partial charge in [0.05, 0.1) is 6.04 Å². The minimum absolute atomic E-state index is 0.121. The van der Waals surface area contributed by atoms with Gasteiger partial charge in [-0.15, -0.1) is 0 Å². The van der Waals surface area contributed by atoms with Crippen molar-refractivity contribution in [3.8, 4) is 0 Å². The third kappa shape index (κ3) is 3.24. The number of hydrogen-bond acceptors (Lipinski definition) is 1. The Balaban J connectivity index is 2.09. The summed E-state index contributed by atoms with van der Waals surface area (Å²) in [6, 6.07) is 7.58. The first-order valence-corrected chi connectivity index (χ1v) is 6.29. The minimum Gasteiger partial charge on any atom is -0.318 e. The van der Waals surface area contributed by atoms with Crippen molar-refractivity contribution >= 4 is 28.6 Å². The van der Waals surface area contributed by atoms with Crippen LogP contribution >= 0.6 is 23.2 Å². The number of carbonyl (C=O) groups excluding carboxylic acids is 1. The molecule has 2 rings (SSSR count). The van der Waals surface area contributed by atoms with Gasteiger partial charge in [0.1, 0.15) is 0 Å². The first-order valence-electron chi connectivity index (χ1n) is 5.54. The van der Waals surface area contributed by atoms with Crippen LogP contribution in [0, 0.1) is 0 Å². The maximum Gasteiger partial charge on any atom is 0.317 e. The van der Waals surface area contributed by atoms with Gasteiger partial charge in [0, 0.05) is 11.6 Å². The summed E-state index contributed by atoms with van der Waals surface area (Å²) in [5, 5.41) is 0.287. The molecule has 4 heteroatoms. The van der Waals surface area contributed by atoms with Gasteiger partial charge in [0.25, 0.3) is 0 Å². The van der Waals surface area contributed by atoms with E-state index in [4.69, 9.17) is 23.2 Å². The first-order chi connectivity index (χ1) is 8.16. The lowest BCUT2D eigenvalue weighted by atomic mass is 10.1. The highest BCUT2D eigenvalue weighted by Crippen LogP contribution is 2.21. The highest BCUT2D eigenvalue weighted by Gasteiger charge is 2.22. The molecule has 17 heavy (non-hydrogen) atoms. The van der Waals surface area contributed by atoms with Crippen LogP contribution in [-0.2, 0) is 6.54 Å². The van der Waals surface area contributed by atoms with Gasteiger partial charge in [-0.1, -0.05) is 35.9 Å².